The van der Waals surface area contributed by atoms with E-state index in [0.29, 0.717) is 67.4 Å². The summed E-state index contributed by atoms with van der Waals surface area (Å²) in [6.07, 6.45) is 2.38. The Morgan fingerprint density at radius 2 is 0.756 bits per heavy atom. The first-order chi connectivity index (χ1) is 41.6. The number of furan rings is 1. The number of alkyl halides is 3. The van der Waals surface area contributed by atoms with Crippen molar-refractivity contribution >= 4 is 50.0 Å². The van der Waals surface area contributed by atoms with Gasteiger partial charge in [0.05, 0.1) is 74.3 Å². The summed E-state index contributed by atoms with van der Waals surface area (Å²) in [6.45, 7) is 0. The number of hydrogen-bond donors (Lipinski definition) is 5. The summed E-state index contributed by atoms with van der Waals surface area (Å²) in [6, 6.07) is 76.2. The molecular weight excluding hydrogens is 1080 g/mol. The van der Waals surface area contributed by atoms with Crippen molar-refractivity contribution in [2.75, 3.05) is 28.7 Å². The van der Waals surface area contributed by atoms with Crippen LogP contribution in [0.4, 0.5) is 41.6 Å². The van der Waals surface area contributed by atoms with E-state index in [1.165, 1.54) is 33.7 Å². The summed E-state index contributed by atoms with van der Waals surface area (Å²) in [4.78, 5) is 4.03. The van der Waals surface area contributed by atoms with Crippen molar-refractivity contribution in [2.24, 2.45) is 0 Å². The van der Waals surface area contributed by atoms with Crippen molar-refractivity contribution in [1.82, 2.24) is 4.98 Å². The molecule has 0 spiro atoms. The Kier molecular flexibility index (Phi) is 19.2. The van der Waals surface area contributed by atoms with Gasteiger partial charge in [-0.2, -0.15) is 39.5 Å². The predicted molar refractivity (Wildman–Crippen MR) is 335 cm³/mol. The van der Waals surface area contributed by atoms with Crippen LogP contribution in [0.1, 0.15) is 33.4 Å². The molecule has 2 heterocycles. The molecule has 0 saturated heterocycles. The number of fused-ring (bicyclic) bond motifs is 2. The molecule has 0 radical (unpaired) electrons. The summed E-state index contributed by atoms with van der Waals surface area (Å²) < 4.78 is 42.2. The van der Waals surface area contributed by atoms with E-state index in [-0.39, 0.29) is 0 Å². The first kappa shape index (κ1) is 59.5. The molecular formula is C71H50F3N11O. The number of nitriles is 5. The summed E-state index contributed by atoms with van der Waals surface area (Å²) >= 11 is 0. The zero-order valence-electron chi connectivity index (χ0n) is 45.7. The number of benzene rings is 10. The largest absolute Gasteiger partial charge is 0.472 e. The predicted octanol–water partition coefficient (Wildman–Crippen LogP) is 16.4. The number of pyridine rings is 1. The normalized spacial score (nSPS) is 10.2. The van der Waals surface area contributed by atoms with Crippen LogP contribution in [0.3, 0.4) is 0 Å². The fourth-order valence-electron chi connectivity index (χ4n) is 8.87. The number of hydrogen-bond acceptors (Lipinski definition) is 12. The molecule has 12 rings (SSSR count). The molecule has 0 aliphatic rings. The number of nitrogens with two attached hydrogens (primary N) is 5. The third-order valence-corrected chi connectivity index (χ3v) is 13.4. The Labute approximate surface area is 494 Å². The molecule has 12 aromatic rings. The second kappa shape index (κ2) is 27.7. The molecule has 0 aliphatic carbocycles. The van der Waals surface area contributed by atoms with Crippen LogP contribution >= 0.6 is 0 Å². The molecule has 0 saturated carbocycles. The van der Waals surface area contributed by atoms with Crippen molar-refractivity contribution in [3.63, 3.8) is 0 Å². The second-order valence-electron chi connectivity index (χ2n) is 19.0. The highest BCUT2D eigenvalue weighted by molar-refractivity contribution is 5.97. The highest BCUT2D eigenvalue weighted by Crippen LogP contribution is 2.34. The van der Waals surface area contributed by atoms with Gasteiger partial charge in [-0.1, -0.05) is 127 Å². The van der Waals surface area contributed by atoms with Gasteiger partial charge in [-0.25, -0.2) is 0 Å². The van der Waals surface area contributed by atoms with Gasteiger partial charge in [-0.05, 0) is 157 Å². The number of nitrogens with zero attached hydrogens (tertiary/aromatic N) is 6. The zero-order chi connectivity index (χ0) is 61.2. The van der Waals surface area contributed by atoms with Gasteiger partial charge in [0.2, 0.25) is 0 Å². The summed E-state index contributed by atoms with van der Waals surface area (Å²) in [7, 11) is 0. The first-order valence-corrected chi connectivity index (χ1v) is 26.2. The van der Waals surface area contributed by atoms with Gasteiger partial charge < -0.3 is 33.1 Å². The minimum absolute atomic E-state index is 0.305. The maximum absolute atomic E-state index is 12.4. The van der Waals surface area contributed by atoms with Gasteiger partial charge in [0.15, 0.2) is 0 Å². The van der Waals surface area contributed by atoms with Gasteiger partial charge in [0, 0.05) is 23.5 Å². The molecule has 416 valence electrons. The molecule has 0 bridgehead atoms. The lowest BCUT2D eigenvalue weighted by Gasteiger charge is -2.08. The van der Waals surface area contributed by atoms with Crippen molar-refractivity contribution in [1.29, 1.82) is 26.3 Å². The van der Waals surface area contributed by atoms with E-state index in [2.05, 4.69) is 71.7 Å². The number of anilines is 5. The Morgan fingerprint density at radius 1 is 0.349 bits per heavy atom. The quantitative estimate of drug-likeness (QED) is 0.101. The molecule has 10 N–H and O–H groups in total. The average Bonchev–Trinajstić information content (AvgIpc) is 2.73. The smallest absolute Gasteiger partial charge is 0.416 e. The van der Waals surface area contributed by atoms with Crippen LogP contribution in [0, 0.1) is 56.7 Å². The van der Waals surface area contributed by atoms with Crippen LogP contribution in [0.2, 0.25) is 0 Å². The monoisotopic (exact) mass is 1130 g/mol. The number of rotatable bonds is 5. The van der Waals surface area contributed by atoms with E-state index >= 15 is 0 Å². The van der Waals surface area contributed by atoms with Crippen molar-refractivity contribution in [2.45, 2.75) is 6.18 Å². The van der Waals surface area contributed by atoms with Crippen LogP contribution in [0.25, 0.3) is 77.2 Å². The summed E-state index contributed by atoms with van der Waals surface area (Å²) in [5.74, 6) is 0. The van der Waals surface area contributed by atoms with Crippen molar-refractivity contribution in [3.8, 4) is 86.0 Å². The number of halogens is 3. The molecule has 0 aliphatic heterocycles. The Bertz CT molecular complexity index is 4580. The Morgan fingerprint density at radius 3 is 1.22 bits per heavy atom. The van der Waals surface area contributed by atoms with Gasteiger partial charge in [-0.3, -0.25) is 4.98 Å². The van der Waals surface area contributed by atoms with Crippen LogP contribution in [0.15, 0.2) is 248 Å². The molecule has 86 heavy (non-hydrogen) atoms. The maximum atomic E-state index is 12.4. The summed E-state index contributed by atoms with van der Waals surface area (Å²) in [5, 5.41) is 48.8. The molecule has 15 heteroatoms. The lowest BCUT2D eigenvalue weighted by molar-refractivity contribution is -0.137. The van der Waals surface area contributed by atoms with E-state index in [1.807, 2.05) is 103 Å². The highest BCUT2D eigenvalue weighted by atomic mass is 19.4. The fraction of sp³-hybridized carbons (Fsp3) is 0.0141. The molecule has 0 unspecified atom stereocenters. The second-order valence-corrected chi connectivity index (χ2v) is 19.0. The van der Waals surface area contributed by atoms with E-state index in [1.54, 1.807) is 79.5 Å². The number of nitrogen functional groups attached to an aromatic ring is 5. The summed E-state index contributed by atoms with van der Waals surface area (Å²) in [5.41, 5.74) is 42.3. The molecule has 0 fully saturated rings. The molecule has 0 amide bonds. The average molecular weight is 1130 g/mol. The molecule has 12 nitrogen and oxygen atoms in total. The van der Waals surface area contributed by atoms with Crippen LogP contribution in [-0.2, 0) is 6.18 Å². The highest BCUT2D eigenvalue weighted by Gasteiger charge is 2.30. The van der Waals surface area contributed by atoms with Gasteiger partial charge >= 0.3 is 6.18 Å². The Balaban J connectivity index is 0.000000140. The Hall–Kier alpha value is -12.6. The minimum Gasteiger partial charge on any atom is -0.472 e. The molecule has 2 aromatic heterocycles. The van der Waals surface area contributed by atoms with Gasteiger partial charge in [0.25, 0.3) is 0 Å². The van der Waals surface area contributed by atoms with Crippen LogP contribution in [0.5, 0.6) is 0 Å². The van der Waals surface area contributed by atoms with E-state index in [4.69, 9.17) is 59.4 Å². The van der Waals surface area contributed by atoms with Crippen LogP contribution < -0.4 is 28.7 Å². The van der Waals surface area contributed by atoms with Crippen molar-refractivity contribution < 1.29 is 17.6 Å². The van der Waals surface area contributed by atoms with Crippen molar-refractivity contribution in [3.05, 3.63) is 277 Å². The van der Waals surface area contributed by atoms with E-state index < -0.39 is 11.7 Å². The van der Waals surface area contributed by atoms with Gasteiger partial charge in [0.1, 0.15) is 30.3 Å². The zero-order valence-corrected chi connectivity index (χ0v) is 45.7. The van der Waals surface area contributed by atoms with Crippen LogP contribution in [-0.4, -0.2) is 4.98 Å². The first-order valence-electron chi connectivity index (χ1n) is 26.2. The number of aromatic nitrogens is 1. The topological polar surface area (TPSA) is 275 Å². The van der Waals surface area contributed by atoms with E-state index in [9.17, 15) is 13.2 Å². The third-order valence-electron chi connectivity index (χ3n) is 13.4. The van der Waals surface area contributed by atoms with E-state index in [0.717, 1.165) is 56.6 Å². The lowest BCUT2D eigenvalue weighted by Crippen LogP contribution is -2.04. The lowest BCUT2D eigenvalue weighted by atomic mass is 9.97. The molecule has 0 atom stereocenters. The molecule has 10 aromatic carbocycles. The third kappa shape index (κ3) is 14.8. The minimum atomic E-state index is -4.35. The standard InChI is InChI=1S/2C17H12N2.C14H9F3N2.C12H9N3.C11H8N2O/c18-11-14-9-8-13(10-17(14)19)16-7-3-5-12-4-1-2-6-15(12)16;18-11-16-8-7-15(10-17(16)19)14-6-5-12-3-1-2-4-13(12)9-14;15-14(16,17)12-5-3-9(4-6-12)10-1-2-11(8-18)13(19)7-10;13-7-10-4-3-9(6-12(10)14)11-2-1-5-15-8-11;12-6-9-2-1-8(5-11(9)13)10-3-4-14-7-10/h2*1-10H,19H2;1-7H,19H2;1-6,8H,14H2;1-5,7H,13H2. The maximum Gasteiger partial charge on any atom is 0.416 e. The fourth-order valence-corrected chi connectivity index (χ4v) is 8.87. The SMILES string of the molecule is N#Cc1ccc(-c2ccc(C(F)(F)F)cc2)cc1N.N#Cc1ccc(-c2ccc3ccccc3c2)cc1N.N#Cc1ccc(-c2cccc3ccccc23)cc1N.N#Cc1ccc(-c2cccnc2)cc1N.N#Cc1ccc(-c2ccoc2)cc1N. The van der Waals surface area contributed by atoms with Gasteiger partial charge in [-0.15, -0.1) is 0 Å².